The van der Waals surface area contributed by atoms with Crippen LogP contribution in [0, 0.1) is 5.92 Å². The van der Waals surface area contributed by atoms with Crippen LogP contribution in [0.5, 0.6) is 0 Å². The first-order valence-electron chi connectivity index (χ1n) is 6.30. The zero-order valence-corrected chi connectivity index (χ0v) is 12.5. The number of carbonyl (C=O) groups excluding carboxylic acids is 1. The molecule has 0 aliphatic rings. The van der Waals surface area contributed by atoms with Crippen LogP contribution in [-0.2, 0) is 9.59 Å². The second-order valence-electron chi connectivity index (χ2n) is 4.85. The molecule has 1 aromatic rings. The predicted octanol–water partition coefficient (Wildman–Crippen LogP) is 2.32. The van der Waals surface area contributed by atoms with Crippen LogP contribution in [0.25, 0.3) is 0 Å². The third kappa shape index (κ3) is 4.83. The second-order valence-corrected chi connectivity index (χ2v) is 5.29. The monoisotopic (exact) mass is 298 g/mol. The lowest BCUT2D eigenvalue weighted by atomic mass is 10.1. The van der Waals surface area contributed by atoms with Crippen LogP contribution < -0.4 is 5.32 Å². The normalized spacial score (nSPS) is 13.8. The van der Waals surface area contributed by atoms with Gasteiger partial charge in [0.25, 0.3) is 0 Å². The fourth-order valence-electron chi connectivity index (χ4n) is 1.65. The van der Waals surface area contributed by atoms with E-state index in [1.165, 1.54) is 0 Å². The summed E-state index contributed by atoms with van der Waals surface area (Å²) >= 11 is 5.77. The van der Waals surface area contributed by atoms with Crippen LogP contribution in [0.4, 0.5) is 5.69 Å². The highest BCUT2D eigenvalue weighted by Crippen LogP contribution is 2.14. The van der Waals surface area contributed by atoms with Crippen LogP contribution >= 0.6 is 11.6 Å². The topological polar surface area (TPSA) is 69.6 Å². The van der Waals surface area contributed by atoms with Gasteiger partial charge in [0, 0.05) is 17.3 Å². The number of hydrogen-bond donors (Lipinski definition) is 2. The molecule has 20 heavy (non-hydrogen) atoms. The van der Waals surface area contributed by atoms with Gasteiger partial charge in [-0.2, -0.15) is 0 Å². The number of nitrogens with one attached hydrogen (secondary N) is 1. The van der Waals surface area contributed by atoms with Gasteiger partial charge in [-0.15, -0.1) is 0 Å². The highest BCUT2D eigenvalue weighted by atomic mass is 35.5. The van der Waals surface area contributed by atoms with Gasteiger partial charge in [0.05, 0.1) is 12.0 Å². The Hall–Kier alpha value is -1.59. The van der Waals surface area contributed by atoms with Crippen LogP contribution in [0.15, 0.2) is 24.3 Å². The fraction of sp³-hybridized carbons (Fsp3) is 0.429. The van der Waals surface area contributed by atoms with Gasteiger partial charge in [-0.1, -0.05) is 18.5 Å². The molecule has 0 aromatic heterocycles. The molecular formula is C14H19ClN2O3. The van der Waals surface area contributed by atoms with Crippen molar-refractivity contribution in [3.05, 3.63) is 29.3 Å². The number of amides is 1. The smallest absolute Gasteiger partial charge is 0.307 e. The first kappa shape index (κ1) is 16.5. The van der Waals surface area contributed by atoms with Gasteiger partial charge in [-0.25, -0.2) is 0 Å². The minimum Gasteiger partial charge on any atom is -0.481 e. The molecule has 0 saturated heterocycles. The Kier molecular flexibility index (Phi) is 5.98. The molecule has 2 N–H and O–H groups in total. The van der Waals surface area contributed by atoms with Crippen molar-refractivity contribution in [3.8, 4) is 0 Å². The van der Waals surface area contributed by atoms with E-state index in [0.29, 0.717) is 17.3 Å². The summed E-state index contributed by atoms with van der Waals surface area (Å²) in [6.07, 6.45) is 0. The molecule has 0 fully saturated rings. The predicted molar refractivity (Wildman–Crippen MR) is 79.0 cm³/mol. The maximum absolute atomic E-state index is 12.1. The van der Waals surface area contributed by atoms with Gasteiger partial charge < -0.3 is 10.4 Å². The van der Waals surface area contributed by atoms with E-state index in [9.17, 15) is 9.59 Å². The number of rotatable bonds is 6. The summed E-state index contributed by atoms with van der Waals surface area (Å²) in [5, 5.41) is 12.2. The van der Waals surface area contributed by atoms with E-state index in [0.717, 1.165) is 0 Å². The molecule has 5 nitrogen and oxygen atoms in total. The lowest BCUT2D eigenvalue weighted by Crippen LogP contribution is -2.42. The van der Waals surface area contributed by atoms with E-state index in [-0.39, 0.29) is 5.91 Å². The van der Waals surface area contributed by atoms with Gasteiger partial charge in [0.15, 0.2) is 0 Å². The summed E-state index contributed by atoms with van der Waals surface area (Å²) in [4.78, 5) is 24.6. The van der Waals surface area contributed by atoms with Crippen LogP contribution in [0.3, 0.4) is 0 Å². The largest absolute Gasteiger partial charge is 0.481 e. The Morgan fingerprint density at radius 1 is 1.30 bits per heavy atom. The molecule has 0 spiro atoms. The van der Waals surface area contributed by atoms with Crippen LogP contribution in [0.1, 0.15) is 13.8 Å². The van der Waals surface area contributed by atoms with Crippen molar-refractivity contribution in [2.24, 2.45) is 5.92 Å². The number of carbonyl (C=O) groups is 2. The maximum Gasteiger partial charge on any atom is 0.307 e. The van der Waals surface area contributed by atoms with Crippen molar-refractivity contribution < 1.29 is 14.7 Å². The molecule has 1 aromatic carbocycles. The lowest BCUT2D eigenvalue weighted by molar-refractivity contribution is -0.142. The van der Waals surface area contributed by atoms with Crippen molar-refractivity contribution in [1.29, 1.82) is 0 Å². The van der Waals surface area contributed by atoms with E-state index in [1.54, 1.807) is 50.1 Å². The molecular weight excluding hydrogens is 280 g/mol. The van der Waals surface area contributed by atoms with Gasteiger partial charge >= 0.3 is 5.97 Å². The quantitative estimate of drug-likeness (QED) is 0.845. The number of aliphatic carboxylic acids is 1. The summed E-state index contributed by atoms with van der Waals surface area (Å²) in [6, 6.07) is 6.39. The summed E-state index contributed by atoms with van der Waals surface area (Å²) in [5.74, 6) is -1.58. The Morgan fingerprint density at radius 3 is 2.35 bits per heavy atom. The molecule has 1 amide bonds. The highest BCUT2D eigenvalue weighted by Gasteiger charge is 2.22. The SMILES string of the molecule is CC(CN(C)C(C)C(=O)Nc1ccc(Cl)cc1)C(=O)O. The standard InChI is InChI=1S/C14H19ClN2O3/c1-9(14(19)20)8-17(3)10(2)13(18)16-12-6-4-11(15)5-7-12/h4-7,9-10H,8H2,1-3H3,(H,16,18)(H,19,20). The first-order chi connectivity index (χ1) is 9.31. The summed E-state index contributed by atoms with van der Waals surface area (Å²) < 4.78 is 0. The molecule has 0 aliphatic carbocycles. The maximum atomic E-state index is 12.1. The molecule has 110 valence electrons. The third-order valence-corrected chi connectivity index (χ3v) is 3.39. The average Bonchev–Trinajstić information content (AvgIpc) is 2.40. The Bertz CT molecular complexity index is 476. The Morgan fingerprint density at radius 2 is 1.85 bits per heavy atom. The first-order valence-corrected chi connectivity index (χ1v) is 6.68. The molecule has 0 bridgehead atoms. The minimum absolute atomic E-state index is 0.188. The Balaban J connectivity index is 2.57. The molecule has 0 aliphatic heterocycles. The summed E-state index contributed by atoms with van der Waals surface area (Å²) in [5.41, 5.74) is 0.658. The molecule has 0 saturated carbocycles. The highest BCUT2D eigenvalue weighted by molar-refractivity contribution is 6.30. The number of carboxylic acids is 1. The van der Waals surface area contributed by atoms with Crippen LogP contribution in [-0.4, -0.2) is 41.5 Å². The van der Waals surface area contributed by atoms with Gasteiger partial charge in [-0.05, 0) is 38.2 Å². The number of anilines is 1. The van der Waals surface area contributed by atoms with Gasteiger partial charge in [0.2, 0.25) is 5.91 Å². The average molecular weight is 299 g/mol. The molecule has 6 heteroatoms. The molecule has 0 heterocycles. The number of nitrogens with zero attached hydrogens (tertiary/aromatic N) is 1. The Labute approximate surface area is 123 Å². The van der Waals surface area contributed by atoms with E-state index >= 15 is 0 Å². The van der Waals surface area contributed by atoms with E-state index in [2.05, 4.69) is 5.32 Å². The van der Waals surface area contributed by atoms with Crippen LogP contribution in [0.2, 0.25) is 5.02 Å². The summed E-state index contributed by atoms with van der Waals surface area (Å²) in [7, 11) is 1.73. The van der Waals surface area contributed by atoms with Crippen molar-refractivity contribution in [1.82, 2.24) is 4.90 Å². The van der Waals surface area contributed by atoms with E-state index in [4.69, 9.17) is 16.7 Å². The number of halogens is 1. The molecule has 2 unspecified atom stereocenters. The van der Waals surface area contributed by atoms with Gasteiger partial charge in [-0.3, -0.25) is 14.5 Å². The molecule has 2 atom stereocenters. The van der Waals surface area contributed by atoms with Crippen molar-refractivity contribution in [3.63, 3.8) is 0 Å². The zero-order chi connectivity index (χ0) is 15.3. The minimum atomic E-state index is -0.873. The molecule has 1 rings (SSSR count). The van der Waals surface area contributed by atoms with Crippen molar-refractivity contribution in [2.45, 2.75) is 19.9 Å². The fourth-order valence-corrected chi connectivity index (χ4v) is 1.77. The molecule has 0 radical (unpaired) electrons. The zero-order valence-electron chi connectivity index (χ0n) is 11.8. The number of likely N-dealkylation sites (N-methyl/N-ethyl adjacent to an activating group) is 1. The van der Waals surface area contributed by atoms with Crippen molar-refractivity contribution in [2.75, 3.05) is 18.9 Å². The van der Waals surface area contributed by atoms with E-state index < -0.39 is 17.9 Å². The van der Waals surface area contributed by atoms with Crippen molar-refractivity contribution >= 4 is 29.2 Å². The number of hydrogen-bond acceptors (Lipinski definition) is 3. The second kappa shape index (κ2) is 7.26. The number of carboxylic acid groups (broad SMARTS) is 1. The van der Waals surface area contributed by atoms with Gasteiger partial charge in [0.1, 0.15) is 0 Å². The van der Waals surface area contributed by atoms with E-state index in [1.807, 2.05) is 0 Å². The lowest BCUT2D eigenvalue weighted by Gasteiger charge is -2.25. The number of benzene rings is 1. The summed E-state index contributed by atoms with van der Waals surface area (Å²) in [6.45, 7) is 3.66. The third-order valence-electron chi connectivity index (χ3n) is 3.14.